The van der Waals surface area contributed by atoms with Gasteiger partial charge in [-0.1, -0.05) is 75.4 Å². The molecule has 41 heavy (non-hydrogen) atoms. The number of hydrogen-bond donors (Lipinski definition) is 2. The fourth-order valence-corrected chi connectivity index (χ4v) is 6.72. The predicted molar refractivity (Wildman–Crippen MR) is 156 cm³/mol. The van der Waals surface area contributed by atoms with Gasteiger partial charge >= 0.3 is 0 Å². The number of aromatic nitrogens is 2. The van der Waals surface area contributed by atoms with Crippen LogP contribution in [0.5, 0.6) is 0 Å². The van der Waals surface area contributed by atoms with E-state index in [4.69, 9.17) is 0 Å². The second kappa shape index (κ2) is 9.03. The maximum atomic E-state index is 14.0. The zero-order valence-corrected chi connectivity index (χ0v) is 23.4. The number of piperidine rings is 1. The van der Waals surface area contributed by atoms with Crippen molar-refractivity contribution >= 4 is 28.6 Å². The highest BCUT2D eigenvalue weighted by Crippen LogP contribution is 2.65. The largest absolute Gasteiger partial charge is 0.351 e. The van der Waals surface area contributed by atoms with Crippen molar-refractivity contribution in [3.63, 3.8) is 0 Å². The number of aromatic amines is 1. The van der Waals surface area contributed by atoms with Gasteiger partial charge in [0, 0.05) is 47.2 Å². The average molecular weight is 548 g/mol. The van der Waals surface area contributed by atoms with Crippen LogP contribution >= 0.6 is 0 Å². The third-order valence-corrected chi connectivity index (χ3v) is 9.12. The summed E-state index contributed by atoms with van der Waals surface area (Å²) in [6.45, 7) is 7.01. The fraction of sp³-hybridized carbons (Fsp3) is 0.333. The first kappa shape index (κ1) is 25.5. The Labute approximate surface area is 238 Å². The number of rotatable bonds is 5. The summed E-state index contributed by atoms with van der Waals surface area (Å²) >= 11 is 0. The normalized spacial score (nSPS) is 23.4. The van der Waals surface area contributed by atoms with Crippen LogP contribution in [0.2, 0.25) is 0 Å². The van der Waals surface area contributed by atoms with Crippen LogP contribution < -0.4 is 5.32 Å². The minimum atomic E-state index is -0.701. The SMILES string of the molecule is CC(C)(C)[C@H](NC(=O)c1cc2ccccc2[nH]1)C(=O)N1CC2N(C(=O)c3ccc(-c4ccccc4)cn3)CC23CC13. The fourth-order valence-electron chi connectivity index (χ4n) is 6.72. The van der Waals surface area contributed by atoms with Gasteiger partial charge in [0.1, 0.15) is 17.4 Å². The van der Waals surface area contributed by atoms with Gasteiger partial charge in [0.25, 0.3) is 11.8 Å². The number of H-pyrrole nitrogens is 1. The first-order valence-corrected chi connectivity index (χ1v) is 14.2. The third-order valence-electron chi connectivity index (χ3n) is 9.12. The number of para-hydroxylation sites is 1. The zero-order chi connectivity index (χ0) is 28.5. The standard InChI is InChI=1S/C33H33N5O3/c1-32(2,3)28(36-29(39)25-15-21-11-7-8-12-23(21)35-25)31(41)37-18-27-33(16-26(33)37)19-38(27)30(40)24-14-13-22(17-34-24)20-9-5-4-6-10-20/h4-15,17,26-28,35H,16,18-19H2,1-3H3,(H,36,39)/t26?,27?,28-,33?/m1/s1. The number of hydrogen-bond acceptors (Lipinski definition) is 4. The van der Waals surface area contributed by atoms with Crippen LogP contribution in [0.4, 0.5) is 0 Å². The number of nitrogens with zero attached hydrogens (tertiary/aromatic N) is 3. The number of amides is 3. The van der Waals surface area contributed by atoms with E-state index in [1.54, 1.807) is 12.3 Å². The molecular formula is C33H33N5O3. The summed E-state index contributed by atoms with van der Waals surface area (Å²) in [5.41, 5.74) is 3.21. The Morgan fingerprint density at radius 2 is 1.71 bits per heavy atom. The Bertz CT molecular complexity index is 1640. The lowest BCUT2D eigenvalue weighted by Crippen LogP contribution is -2.61. The molecule has 0 radical (unpaired) electrons. The molecule has 1 saturated carbocycles. The molecule has 4 heterocycles. The van der Waals surface area contributed by atoms with Crippen molar-refractivity contribution in [3.8, 4) is 11.1 Å². The van der Waals surface area contributed by atoms with E-state index in [0.29, 0.717) is 24.5 Å². The van der Waals surface area contributed by atoms with Crippen molar-refractivity contribution < 1.29 is 14.4 Å². The Morgan fingerprint density at radius 3 is 2.41 bits per heavy atom. The van der Waals surface area contributed by atoms with Crippen molar-refractivity contribution in [2.24, 2.45) is 10.8 Å². The summed E-state index contributed by atoms with van der Waals surface area (Å²) in [6.07, 6.45) is 2.63. The van der Waals surface area contributed by atoms with E-state index in [-0.39, 0.29) is 35.2 Å². The predicted octanol–water partition coefficient (Wildman–Crippen LogP) is 4.50. The molecule has 3 amide bonds. The second-order valence-corrected chi connectivity index (χ2v) is 12.7. The van der Waals surface area contributed by atoms with Crippen molar-refractivity contribution in [2.75, 3.05) is 13.1 Å². The summed E-state index contributed by atoms with van der Waals surface area (Å²) in [5.74, 6) is -0.486. The maximum absolute atomic E-state index is 14.0. The average Bonchev–Trinajstić information content (AvgIpc) is 3.48. The van der Waals surface area contributed by atoms with Gasteiger partial charge in [-0.3, -0.25) is 19.4 Å². The molecule has 2 N–H and O–H groups in total. The zero-order valence-electron chi connectivity index (χ0n) is 23.4. The van der Waals surface area contributed by atoms with Gasteiger partial charge in [-0.2, -0.15) is 0 Å². The summed E-state index contributed by atoms with van der Waals surface area (Å²) in [4.78, 5) is 52.1. The van der Waals surface area contributed by atoms with E-state index < -0.39 is 11.5 Å². The molecule has 1 aliphatic carbocycles. The lowest BCUT2D eigenvalue weighted by Gasteiger charge is -2.46. The van der Waals surface area contributed by atoms with Crippen LogP contribution in [0, 0.1) is 10.8 Å². The number of pyridine rings is 1. The molecule has 8 nitrogen and oxygen atoms in total. The molecule has 2 aromatic carbocycles. The molecule has 8 heteroatoms. The van der Waals surface area contributed by atoms with Gasteiger partial charge in [-0.15, -0.1) is 0 Å². The minimum Gasteiger partial charge on any atom is -0.351 e. The van der Waals surface area contributed by atoms with Crippen molar-refractivity contribution in [1.82, 2.24) is 25.1 Å². The Hall–Kier alpha value is -4.46. The summed E-state index contributed by atoms with van der Waals surface area (Å²) in [7, 11) is 0. The van der Waals surface area contributed by atoms with Crippen LogP contribution in [0.1, 0.15) is 48.2 Å². The summed E-state index contributed by atoms with van der Waals surface area (Å²) in [5, 5.41) is 3.97. The molecule has 0 bridgehead atoms. The molecule has 2 aromatic heterocycles. The number of benzene rings is 2. The van der Waals surface area contributed by atoms with Gasteiger partial charge < -0.3 is 20.1 Å². The molecule has 3 aliphatic rings. The summed E-state index contributed by atoms with van der Waals surface area (Å²) in [6, 6.07) is 22.6. The van der Waals surface area contributed by atoms with Gasteiger partial charge in [0.05, 0.1) is 6.04 Å². The van der Waals surface area contributed by atoms with E-state index in [9.17, 15) is 14.4 Å². The molecule has 4 aromatic rings. The van der Waals surface area contributed by atoms with Crippen LogP contribution in [-0.4, -0.2) is 68.7 Å². The van der Waals surface area contributed by atoms with Gasteiger partial charge in [-0.25, -0.2) is 0 Å². The van der Waals surface area contributed by atoms with Crippen LogP contribution in [-0.2, 0) is 4.79 Å². The molecule has 2 saturated heterocycles. The number of likely N-dealkylation sites (tertiary alicyclic amines) is 2. The van der Waals surface area contributed by atoms with Crippen LogP contribution in [0.25, 0.3) is 22.0 Å². The van der Waals surface area contributed by atoms with Gasteiger partial charge in [0.2, 0.25) is 5.91 Å². The molecule has 208 valence electrons. The lowest BCUT2D eigenvalue weighted by molar-refractivity contribution is -0.135. The first-order valence-electron chi connectivity index (χ1n) is 14.2. The molecule has 2 aliphatic heterocycles. The Morgan fingerprint density at radius 1 is 0.951 bits per heavy atom. The van der Waals surface area contributed by atoms with Crippen molar-refractivity contribution in [2.45, 2.75) is 45.3 Å². The highest BCUT2D eigenvalue weighted by molar-refractivity contribution is 6.00. The third kappa shape index (κ3) is 4.12. The van der Waals surface area contributed by atoms with Crippen LogP contribution in [0.15, 0.2) is 79.0 Å². The first-order chi connectivity index (χ1) is 19.7. The van der Waals surface area contributed by atoms with E-state index in [2.05, 4.69) is 15.3 Å². The Kier molecular flexibility index (Phi) is 5.61. The van der Waals surface area contributed by atoms with E-state index in [1.165, 1.54) is 0 Å². The number of fused-ring (bicyclic) bond motifs is 1. The molecule has 7 rings (SSSR count). The Balaban J connectivity index is 1.05. The maximum Gasteiger partial charge on any atom is 0.272 e. The molecule has 3 unspecified atom stereocenters. The van der Waals surface area contributed by atoms with Crippen molar-refractivity contribution in [1.29, 1.82) is 0 Å². The van der Waals surface area contributed by atoms with Gasteiger partial charge in [-0.05, 0) is 35.6 Å². The second-order valence-electron chi connectivity index (χ2n) is 12.7. The van der Waals surface area contributed by atoms with E-state index in [0.717, 1.165) is 28.5 Å². The van der Waals surface area contributed by atoms with E-state index in [1.807, 2.05) is 97.3 Å². The van der Waals surface area contributed by atoms with Crippen LogP contribution in [0.3, 0.4) is 0 Å². The quantitative estimate of drug-likeness (QED) is 0.384. The minimum absolute atomic E-state index is 0.0235. The topological polar surface area (TPSA) is 98.4 Å². The highest BCUT2D eigenvalue weighted by atomic mass is 16.2. The smallest absolute Gasteiger partial charge is 0.272 e. The van der Waals surface area contributed by atoms with E-state index >= 15 is 0 Å². The highest BCUT2D eigenvalue weighted by Gasteiger charge is 2.76. The number of carbonyl (C=O) groups excluding carboxylic acids is 3. The molecule has 3 fully saturated rings. The number of nitrogens with one attached hydrogen (secondary N) is 2. The monoisotopic (exact) mass is 547 g/mol. The van der Waals surface area contributed by atoms with Crippen molar-refractivity contribution in [3.05, 3.63) is 90.4 Å². The summed E-state index contributed by atoms with van der Waals surface area (Å²) < 4.78 is 0. The molecule has 4 atom stereocenters. The number of carbonyl (C=O) groups is 3. The molecular weight excluding hydrogens is 514 g/mol. The van der Waals surface area contributed by atoms with Gasteiger partial charge in [0.15, 0.2) is 0 Å². The lowest BCUT2D eigenvalue weighted by atomic mass is 9.85. The molecule has 1 spiro atoms.